The molecule has 1 aliphatic heterocycles. The Labute approximate surface area is 157 Å². The molecule has 1 saturated heterocycles. The molecule has 2 fully saturated rings. The second kappa shape index (κ2) is 8.93. The number of likely N-dealkylation sites (tertiary alicyclic amines) is 1. The lowest BCUT2D eigenvalue weighted by Gasteiger charge is -2.40. The first-order valence-corrected chi connectivity index (χ1v) is 8.46. The quantitative estimate of drug-likeness (QED) is 0.884. The molecule has 0 unspecified atom stereocenters. The Morgan fingerprint density at radius 2 is 1.67 bits per heavy atom. The third-order valence-electron chi connectivity index (χ3n) is 5.38. The van der Waals surface area contributed by atoms with Gasteiger partial charge in [0, 0.05) is 31.9 Å². The number of amides is 1. The number of carbonyl (C=O) groups excluding carboxylic acids is 1. The Bertz CT molecular complexity index is 512. The van der Waals surface area contributed by atoms with E-state index in [0.29, 0.717) is 6.04 Å². The normalized spacial score (nSPS) is 20.0. The number of nitrogens with two attached hydrogens (primary N) is 1. The molecular weight excluding hydrogens is 345 g/mol. The van der Waals surface area contributed by atoms with Crippen molar-refractivity contribution in [3.63, 3.8) is 0 Å². The van der Waals surface area contributed by atoms with Crippen LogP contribution in [0.2, 0.25) is 0 Å². The molecule has 0 aromatic heterocycles. The molecular formula is C18H29Cl2N3O. The van der Waals surface area contributed by atoms with Crippen LogP contribution in [0.3, 0.4) is 0 Å². The maximum absolute atomic E-state index is 12.7. The van der Waals surface area contributed by atoms with Gasteiger partial charge in [-0.2, -0.15) is 0 Å². The molecule has 24 heavy (non-hydrogen) atoms. The number of anilines is 1. The van der Waals surface area contributed by atoms with Crippen molar-refractivity contribution in [1.82, 2.24) is 4.90 Å². The molecule has 0 atom stereocenters. The number of benzene rings is 1. The summed E-state index contributed by atoms with van der Waals surface area (Å²) in [4.78, 5) is 17.0. The molecule has 0 spiro atoms. The van der Waals surface area contributed by atoms with Crippen LogP contribution in [0.15, 0.2) is 30.3 Å². The highest BCUT2D eigenvalue weighted by atomic mass is 35.5. The standard InChI is InChI=1S/C18H27N3O.2ClH/c1-20(15-7-3-2-4-8-15)16-9-13-21(14-10-16)17(22)18(19)11-5-6-12-18;;/h2-4,7-8,16H,5-6,9-14,19H2,1H3;2*1H. The van der Waals surface area contributed by atoms with E-state index in [1.165, 1.54) is 5.69 Å². The number of halogens is 2. The average molecular weight is 374 g/mol. The zero-order valence-corrected chi connectivity index (χ0v) is 16.0. The van der Waals surface area contributed by atoms with E-state index in [1.807, 2.05) is 11.0 Å². The largest absolute Gasteiger partial charge is 0.371 e. The molecule has 0 bridgehead atoms. The Hall–Kier alpha value is -0.970. The van der Waals surface area contributed by atoms with Gasteiger partial charge in [0.25, 0.3) is 0 Å². The van der Waals surface area contributed by atoms with Gasteiger partial charge in [-0.05, 0) is 37.8 Å². The third kappa shape index (κ3) is 4.35. The van der Waals surface area contributed by atoms with Gasteiger partial charge in [0.2, 0.25) is 5.91 Å². The SMILES string of the molecule is CN(c1ccccc1)C1CCN(C(=O)C2(N)CCCC2)CC1.Cl.Cl. The van der Waals surface area contributed by atoms with Gasteiger partial charge in [-0.25, -0.2) is 0 Å². The zero-order chi connectivity index (χ0) is 15.6. The van der Waals surface area contributed by atoms with Crippen LogP contribution in [0.25, 0.3) is 0 Å². The van der Waals surface area contributed by atoms with Crippen LogP contribution in [0, 0.1) is 0 Å². The zero-order valence-electron chi connectivity index (χ0n) is 14.3. The Balaban J connectivity index is 0.00000144. The second-order valence-corrected chi connectivity index (χ2v) is 6.83. The van der Waals surface area contributed by atoms with Crippen molar-refractivity contribution < 1.29 is 4.79 Å². The van der Waals surface area contributed by atoms with E-state index in [2.05, 4.69) is 36.2 Å². The fraction of sp³-hybridized carbons (Fsp3) is 0.611. The summed E-state index contributed by atoms with van der Waals surface area (Å²) in [6, 6.07) is 11.0. The smallest absolute Gasteiger partial charge is 0.242 e. The van der Waals surface area contributed by atoms with E-state index < -0.39 is 5.54 Å². The first-order valence-electron chi connectivity index (χ1n) is 8.46. The van der Waals surface area contributed by atoms with Gasteiger partial charge >= 0.3 is 0 Å². The molecule has 1 aliphatic carbocycles. The van der Waals surface area contributed by atoms with Crippen molar-refractivity contribution >= 4 is 36.4 Å². The minimum atomic E-state index is -0.571. The molecule has 0 radical (unpaired) electrons. The van der Waals surface area contributed by atoms with Crippen molar-refractivity contribution in [3.05, 3.63) is 30.3 Å². The summed E-state index contributed by atoms with van der Waals surface area (Å²) in [5, 5.41) is 0. The fourth-order valence-electron chi connectivity index (χ4n) is 3.86. The van der Waals surface area contributed by atoms with Gasteiger partial charge in [0.1, 0.15) is 0 Å². The van der Waals surface area contributed by atoms with E-state index in [-0.39, 0.29) is 30.7 Å². The second-order valence-electron chi connectivity index (χ2n) is 6.83. The Kier molecular flexibility index (Phi) is 7.84. The van der Waals surface area contributed by atoms with Gasteiger partial charge < -0.3 is 15.5 Å². The van der Waals surface area contributed by atoms with Crippen molar-refractivity contribution in [2.45, 2.75) is 50.1 Å². The van der Waals surface area contributed by atoms with Gasteiger partial charge in [-0.15, -0.1) is 24.8 Å². The van der Waals surface area contributed by atoms with E-state index in [4.69, 9.17) is 5.73 Å². The van der Waals surface area contributed by atoms with Crippen molar-refractivity contribution in [2.24, 2.45) is 5.73 Å². The predicted molar refractivity (Wildman–Crippen MR) is 104 cm³/mol. The van der Waals surface area contributed by atoms with Crippen molar-refractivity contribution in [1.29, 1.82) is 0 Å². The molecule has 1 aromatic carbocycles. The molecule has 4 nitrogen and oxygen atoms in total. The maximum atomic E-state index is 12.7. The number of hydrogen-bond acceptors (Lipinski definition) is 3. The van der Waals surface area contributed by atoms with E-state index in [1.54, 1.807) is 0 Å². The highest BCUT2D eigenvalue weighted by molar-refractivity contribution is 5.86. The molecule has 1 saturated carbocycles. The van der Waals surface area contributed by atoms with Crippen LogP contribution < -0.4 is 10.6 Å². The third-order valence-corrected chi connectivity index (χ3v) is 5.38. The maximum Gasteiger partial charge on any atom is 0.242 e. The first-order chi connectivity index (χ1) is 10.6. The molecule has 1 amide bonds. The van der Waals surface area contributed by atoms with Crippen LogP contribution in [0.4, 0.5) is 5.69 Å². The summed E-state index contributed by atoms with van der Waals surface area (Å²) in [6.45, 7) is 1.67. The van der Waals surface area contributed by atoms with Crippen LogP contribution >= 0.6 is 24.8 Å². The van der Waals surface area contributed by atoms with Crippen molar-refractivity contribution in [2.75, 3.05) is 25.0 Å². The number of para-hydroxylation sites is 1. The number of nitrogens with zero attached hydrogens (tertiary/aromatic N) is 2. The number of carbonyl (C=O) groups is 1. The van der Waals surface area contributed by atoms with E-state index in [0.717, 1.165) is 51.6 Å². The monoisotopic (exact) mass is 373 g/mol. The summed E-state index contributed by atoms with van der Waals surface area (Å²) in [5.41, 5.74) is 6.99. The minimum Gasteiger partial charge on any atom is -0.371 e. The Morgan fingerprint density at radius 3 is 2.21 bits per heavy atom. The van der Waals surface area contributed by atoms with E-state index >= 15 is 0 Å². The molecule has 136 valence electrons. The Morgan fingerprint density at radius 1 is 1.12 bits per heavy atom. The lowest BCUT2D eigenvalue weighted by atomic mass is 9.94. The van der Waals surface area contributed by atoms with E-state index in [9.17, 15) is 4.79 Å². The highest BCUT2D eigenvalue weighted by Gasteiger charge is 2.40. The van der Waals surface area contributed by atoms with Crippen LogP contribution in [0.1, 0.15) is 38.5 Å². The first kappa shape index (κ1) is 21.1. The lowest BCUT2D eigenvalue weighted by Crippen LogP contribution is -2.56. The van der Waals surface area contributed by atoms with Crippen LogP contribution in [-0.2, 0) is 4.79 Å². The molecule has 2 aliphatic rings. The van der Waals surface area contributed by atoms with Crippen LogP contribution in [0.5, 0.6) is 0 Å². The van der Waals surface area contributed by atoms with Crippen molar-refractivity contribution in [3.8, 4) is 0 Å². The minimum absolute atomic E-state index is 0. The number of piperidine rings is 1. The van der Waals surface area contributed by atoms with Gasteiger partial charge in [0.05, 0.1) is 5.54 Å². The van der Waals surface area contributed by atoms with Gasteiger partial charge in [-0.3, -0.25) is 4.79 Å². The summed E-state index contributed by atoms with van der Waals surface area (Å²) in [5.74, 6) is 0.186. The lowest BCUT2D eigenvalue weighted by molar-refractivity contribution is -0.137. The molecule has 2 N–H and O–H groups in total. The molecule has 3 rings (SSSR count). The summed E-state index contributed by atoms with van der Waals surface area (Å²) >= 11 is 0. The topological polar surface area (TPSA) is 49.6 Å². The molecule has 1 aromatic rings. The predicted octanol–water partition coefficient (Wildman–Crippen LogP) is 3.23. The van der Waals surface area contributed by atoms with Gasteiger partial charge in [-0.1, -0.05) is 31.0 Å². The molecule has 1 heterocycles. The molecule has 6 heteroatoms. The fourth-order valence-corrected chi connectivity index (χ4v) is 3.86. The summed E-state index contributed by atoms with van der Waals surface area (Å²) in [6.07, 6.45) is 5.94. The highest BCUT2D eigenvalue weighted by Crippen LogP contribution is 2.30. The van der Waals surface area contributed by atoms with Crippen LogP contribution in [-0.4, -0.2) is 42.5 Å². The number of hydrogen-bond donors (Lipinski definition) is 1. The average Bonchev–Trinajstić information content (AvgIpc) is 3.02. The summed E-state index contributed by atoms with van der Waals surface area (Å²) < 4.78 is 0. The summed E-state index contributed by atoms with van der Waals surface area (Å²) in [7, 11) is 2.15. The van der Waals surface area contributed by atoms with Gasteiger partial charge in [0.15, 0.2) is 0 Å². The number of rotatable bonds is 3.